The first-order chi connectivity index (χ1) is 5.83. The Kier molecular flexibility index (Phi) is 3.50. The van der Waals surface area contributed by atoms with Gasteiger partial charge in [0.1, 0.15) is 5.75 Å². The lowest BCUT2D eigenvalue weighted by molar-refractivity contribution is 0.475. The first-order valence-corrected chi connectivity index (χ1v) is 4.20. The average Bonchev–Trinajstić information content (AvgIpc) is 2.05. The molecule has 1 N–H and O–H groups in total. The number of rotatable bonds is 1. The topological polar surface area (TPSA) is 20.2 Å². The quantitative estimate of drug-likeness (QED) is 0.520. The van der Waals surface area contributed by atoms with Gasteiger partial charge < -0.3 is 5.11 Å². The molecule has 0 radical (unpaired) electrons. The number of alkyl halides is 1. The summed E-state index contributed by atoms with van der Waals surface area (Å²) >= 11 is 5.45. The molecule has 0 amide bonds. The number of halogens is 1. The maximum absolute atomic E-state index is 9.08. The molecule has 0 bridgehead atoms. The van der Waals surface area contributed by atoms with Gasteiger partial charge in [-0.15, -0.1) is 11.6 Å². The van der Waals surface area contributed by atoms with Crippen LogP contribution in [0.1, 0.15) is 12.0 Å². The van der Waals surface area contributed by atoms with E-state index in [1.807, 2.05) is 6.07 Å². The van der Waals surface area contributed by atoms with Crippen LogP contribution >= 0.6 is 11.6 Å². The van der Waals surface area contributed by atoms with Crippen molar-refractivity contribution in [2.45, 2.75) is 6.42 Å². The smallest absolute Gasteiger partial charge is 0.116 e. The Morgan fingerprint density at radius 3 is 2.92 bits per heavy atom. The highest BCUT2D eigenvalue weighted by Crippen LogP contribution is 2.09. The van der Waals surface area contributed by atoms with Gasteiger partial charge in [-0.1, -0.05) is 17.9 Å². The van der Waals surface area contributed by atoms with Crippen molar-refractivity contribution in [2.75, 3.05) is 5.88 Å². The normalized spacial score (nSPS) is 8.75. The van der Waals surface area contributed by atoms with Gasteiger partial charge in [-0.3, -0.25) is 0 Å². The average molecular weight is 181 g/mol. The molecule has 0 saturated heterocycles. The van der Waals surface area contributed by atoms with Crippen LogP contribution in [0.2, 0.25) is 0 Å². The summed E-state index contributed by atoms with van der Waals surface area (Å²) in [5.74, 6) is 6.57. The lowest BCUT2D eigenvalue weighted by atomic mass is 10.2. The number of hydrogen-bond donors (Lipinski definition) is 1. The zero-order valence-corrected chi connectivity index (χ0v) is 7.30. The molecule has 1 nitrogen and oxygen atoms in total. The van der Waals surface area contributed by atoms with Crippen molar-refractivity contribution in [3.05, 3.63) is 29.8 Å². The predicted octanol–water partition coefficient (Wildman–Crippen LogP) is 2.37. The molecule has 0 aliphatic heterocycles. The van der Waals surface area contributed by atoms with Crippen molar-refractivity contribution in [2.24, 2.45) is 0 Å². The summed E-state index contributed by atoms with van der Waals surface area (Å²) in [4.78, 5) is 0. The summed E-state index contributed by atoms with van der Waals surface area (Å²) in [5.41, 5.74) is 0.820. The van der Waals surface area contributed by atoms with E-state index in [-0.39, 0.29) is 5.75 Å². The molecule has 0 atom stereocenters. The molecule has 0 fully saturated rings. The molecule has 2 heteroatoms. The van der Waals surface area contributed by atoms with Crippen LogP contribution < -0.4 is 0 Å². The van der Waals surface area contributed by atoms with E-state index in [9.17, 15) is 0 Å². The lowest BCUT2D eigenvalue weighted by Crippen LogP contribution is -1.73. The van der Waals surface area contributed by atoms with Crippen LogP contribution in [0.5, 0.6) is 5.75 Å². The van der Waals surface area contributed by atoms with E-state index in [0.717, 1.165) is 5.56 Å². The van der Waals surface area contributed by atoms with Crippen molar-refractivity contribution in [1.82, 2.24) is 0 Å². The second kappa shape index (κ2) is 4.69. The minimum atomic E-state index is 0.243. The second-order valence-corrected chi connectivity index (χ2v) is 2.67. The Bertz CT molecular complexity index is 309. The SMILES string of the molecule is Oc1cccc(C#CCCCl)c1. The van der Waals surface area contributed by atoms with Gasteiger partial charge in [0.2, 0.25) is 0 Å². The predicted molar refractivity (Wildman–Crippen MR) is 50.3 cm³/mol. The van der Waals surface area contributed by atoms with Gasteiger partial charge >= 0.3 is 0 Å². The van der Waals surface area contributed by atoms with Crippen LogP contribution in [0, 0.1) is 11.8 Å². The molecule has 0 aromatic heterocycles. The van der Waals surface area contributed by atoms with Gasteiger partial charge in [0.25, 0.3) is 0 Å². The summed E-state index contributed by atoms with van der Waals surface area (Å²) in [6.07, 6.45) is 0.678. The van der Waals surface area contributed by atoms with Crippen molar-refractivity contribution >= 4 is 11.6 Å². The standard InChI is InChI=1S/C10H9ClO/c11-7-2-1-4-9-5-3-6-10(12)8-9/h3,5-6,8,12H,2,7H2. The zero-order chi connectivity index (χ0) is 8.81. The largest absolute Gasteiger partial charge is 0.508 e. The van der Waals surface area contributed by atoms with Gasteiger partial charge in [0.15, 0.2) is 0 Å². The van der Waals surface area contributed by atoms with Crippen LogP contribution in [0.15, 0.2) is 24.3 Å². The van der Waals surface area contributed by atoms with Gasteiger partial charge in [-0.05, 0) is 18.2 Å². The number of aromatic hydroxyl groups is 1. The van der Waals surface area contributed by atoms with Crippen LogP contribution in [0.3, 0.4) is 0 Å². The Labute approximate surface area is 77.0 Å². The first kappa shape index (κ1) is 8.96. The second-order valence-electron chi connectivity index (χ2n) is 2.29. The highest BCUT2D eigenvalue weighted by molar-refractivity contribution is 6.18. The Balaban J connectivity index is 2.71. The van der Waals surface area contributed by atoms with Crippen molar-refractivity contribution in [3.63, 3.8) is 0 Å². The summed E-state index contributed by atoms with van der Waals surface area (Å²) in [5, 5.41) is 9.08. The fourth-order valence-corrected chi connectivity index (χ4v) is 0.890. The molecule has 0 saturated carbocycles. The van der Waals surface area contributed by atoms with E-state index in [1.54, 1.807) is 18.2 Å². The third-order valence-electron chi connectivity index (χ3n) is 1.30. The van der Waals surface area contributed by atoms with Crippen LogP contribution in [-0.4, -0.2) is 11.0 Å². The number of hydrogen-bond acceptors (Lipinski definition) is 1. The van der Waals surface area contributed by atoms with Gasteiger partial charge in [0.05, 0.1) is 0 Å². The molecule has 0 spiro atoms. The molecule has 1 rings (SSSR count). The Morgan fingerprint density at radius 1 is 1.42 bits per heavy atom. The van der Waals surface area contributed by atoms with E-state index >= 15 is 0 Å². The third-order valence-corrected chi connectivity index (χ3v) is 1.49. The third kappa shape index (κ3) is 2.86. The minimum absolute atomic E-state index is 0.243. The summed E-state index contributed by atoms with van der Waals surface area (Å²) in [6.45, 7) is 0. The number of benzene rings is 1. The van der Waals surface area contributed by atoms with Crippen LogP contribution in [-0.2, 0) is 0 Å². The fraction of sp³-hybridized carbons (Fsp3) is 0.200. The van der Waals surface area contributed by atoms with E-state index in [1.165, 1.54) is 0 Å². The summed E-state index contributed by atoms with van der Waals surface area (Å²) < 4.78 is 0. The highest BCUT2D eigenvalue weighted by atomic mass is 35.5. The molecule has 0 unspecified atom stereocenters. The maximum Gasteiger partial charge on any atom is 0.116 e. The molecule has 1 aromatic rings. The molecule has 0 heterocycles. The zero-order valence-electron chi connectivity index (χ0n) is 6.55. The van der Waals surface area contributed by atoms with E-state index in [4.69, 9.17) is 16.7 Å². The summed E-state index contributed by atoms with van der Waals surface area (Å²) in [6, 6.07) is 6.86. The molecule has 0 aliphatic rings. The van der Waals surface area contributed by atoms with Gasteiger partial charge in [0, 0.05) is 17.9 Å². The van der Waals surface area contributed by atoms with E-state index in [0.29, 0.717) is 12.3 Å². The van der Waals surface area contributed by atoms with E-state index < -0.39 is 0 Å². The Hall–Kier alpha value is -1.13. The minimum Gasteiger partial charge on any atom is -0.508 e. The van der Waals surface area contributed by atoms with Crippen molar-refractivity contribution < 1.29 is 5.11 Å². The molecule has 62 valence electrons. The highest BCUT2D eigenvalue weighted by Gasteiger charge is 1.87. The first-order valence-electron chi connectivity index (χ1n) is 3.67. The molecule has 12 heavy (non-hydrogen) atoms. The van der Waals surface area contributed by atoms with Gasteiger partial charge in [-0.2, -0.15) is 0 Å². The lowest BCUT2D eigenvalue weighted by Gasteiger charge is -1.90. The van der Waals surface area contributed by atoms with Gasteiger partial charge in [-0.25, -0.2) is 0 Å². The molecular weight excluding hydrogens is 172 g/mol. The summed E-state index contributed by atoms with van der Waals surface area (Å²) in [7, 11) is 0. The Morgan fingerprint density at radius 2 is 2.25 bits per heavy atom. The molecular formula is C10H9ClO. The van der Waals surface area contributed by atoms with Crippen molar-refractivity contribution in [1.29, 1.82) is 0 Å². The molecule has 0 aliphatic carbocycles. The molecule has 1 aromatic carbocycles. The fourth-order valence-electron chi connectivity index (χ4n) is 0.795. The monoisotopic (exact) mass is 180 g/mol. The number of phenols is 1. The number of phenolic OH excluding ortho intramolecular Hbond substituents is 1. The maximum atomic E-state index is 9.08. The van der Waals surface area contributed by atoms with E-state index in [2.05, 4.69) is 11.8 Å². The van der Waals surface area contributed by atoms with Crippen molar-refractivity contribution in [3.8, 4) is 17.6 Å². The van der Waals surface area contributed by atoms with Crippen LogP contribution in [0.4, 0.5) is 0 Å². The van der Waals surface area contributed by atoms with Crippen LogP contribution in [0.25, 0.3) is 0 Å².